The fourth-order valence-corrected chi connectivity index (χ4v) is 2.27. The highest BCUT2D eigenvalue weighted by Crippen LogP contribution is 2.22. The van der Waals surface area contributed by atoms with E-state index in [-0.39, 0.29) is 0 Å². The van der Waals surface area contributed by atoms with E-state index >= 15 is 0 Å². The number of anilines is 1. The summed E-state index contributed by atoms with van der Waals surface area (Å²) < 4.78 is 0. The number of hydrogen-bond donors (Lipinski definition) is 0. The smallest absolute Gasteiger partial charge is 0.0795 e. The van der Waals surface area contributed by atoms with Crippen molar-refractivity contribution < 1.29 is 0 Å². The summed E-state index contributed by atoms with van der Waals surface area (Å²) in [6.07, 6.45) is 12.3. The molecule has 1 heteroatoms. The second-order valence-corrected chi connectivity index (χ2v) is 5.23. The molecule has 2 rings (SSSR count). The second-order valence-electron chi connectivity index (χ2n) is 5.23. The maximum atomic E-state index is 5.50. The van der Waals surface area contributed by atoms with E-state index < -0.39 is 0 Å². The van der Waals surface area contributed by atoms with Crippen molar-refractivity contribution in [1.82, 2.24) is 0 Å². The van der Waals surface area contributed by atoms with Crippen LogP contribution < -0.4 is 4.90 Å². The van der Waals surface area contributed by atoms with Crippen LogP contribution in [0.2, 0.25) is 0 Å². The van der Waals surface area contributed by atoms with E-state index in [1.165, 1.54) is 28.8 Å². The molecule has 0 aliphatic heterocycles. The molecule has 0 bridgehead atoms. The summed E-state index contributed by atoms with van der Waals surface area (Å²) >= 11 is 0. The molecule has 19 heavy (non-hydrogen) atoms. The largest absolute Gasteiger partial charge is 0.356 e. The van der Waals surface area contributed by atoms with Gasteiger partial charge in [-0.25, -0.2) is 0 Å². The van der Waals surface area contributed by atoms with E-state index in [1.54, 1.807) is 0 Å². The first-order chi connectivity index (χ1) is 9.19. The predicted octanol–water partition coefficient (Wildman–Crippen LogP) is 4.10. The Kier molecular flexibility index (Phi) is 4.47. The van der Waals surface area contributed by atoms with E-state index in [1.807, 2.05) is 0 Å². The van der Waals surface area contributed by atoms with Gasteiger partial charge in [0.25, 0.3) is 0 Å². The van der Waals surface area contributed by atoms with Gasteiger partial charge < -0.3 is 4.90 Å². The van der Waals surface area contributed by atoms with Crippen LogP contribution in [0.15, 0.2) is 47.6 Å². The van der Waals surface area contributed by atoms with Crippen molar-refractivity contribution >= 4 is 5.69 Å². The minimum Gasteiger partial charge on any atom is -0.356 e. The summed E-state index contributed by atoms with van der Waals surface area (Å²) in [7, 11) is 0. The Morgan fingerprint density at radius 3 is 2.42 bits per heavy atom. The van der Waals surface area contributed by atoms with Crippen LogP contribution in [0.1, 0.15) is 25.3 Å². The van der Waals surface area contributed by atoms with Crippen molar-refractivity contribution in [3.63, 3.8) is 0 Å². The van der Waals surface area contributed by atoms with Gasteiger partial charge >= 0.3 is 0 Å². The number of hydrogen-bond acceptors (Lipinski definition) is 1. The SMILES string of the molecule is C#CCN(CC1=CC=C(C)CC1)c1ccc(C)cc1. The summed E-state index contributed by atoms with van der Waals surface area (Å²) in [5.41, 5.74) is 5.40. The zero-order chi connectivity index (χ0) is 13.7. The molecule has 0 unspecified atom stereocenters. The molecule has 0 heterocycles. The lowest BCUT2D eigenvalue weighted by Gasteiger charge is -2.25. The summed E-state index contributed by atoms with van der Waals surface area (Å²) in [5.74, 6) is 2.76. The fourth-order valence-electron chi connectivity index (χ4n) is 2.27. The standard InChI is InChI=1S/C18H21N/c1-4-13-19(18-11-7-16(3)8-12-18)14-17-9-5-15(2)6-10-17/h1,5,7-9,11-12H,6,10,13-14H2,2-3H3. The van der Waals surface area contributed by atoms with Crippen molar-refractivity contribution in [2.45, 2.75) is 26.7 Å². The molecular formula is C18H21N. The first-order valence-electron chi connectivity index (χ1n) is 6.79. The molecule has 0 spiro atoms. The van der Waals surface area contributed by atoms with Crippen LogP contribution in [0.25, 0.3) is 0 Å². The van der Waals surface area contributed by atoms with Gasteiger partial charge in [-0.3, -0.25) is 0 Å². The van der Waals surface area contributed by atoms with E-state index in [0.29, 0.717) is 6.54 Å². The predicted molar refractivity (Wildman–Crippen MR) is 83.3 cm³/mol. The van der Waals surface area contributed by atoms with Crippen molar-refractivity contribution in [3.8, 4) is 12.3 Å². The number of nitrogens with zero attached hydrogens (tertiary/aromatic N) is 1. The topological polar surface area (TPSA) is 3.24 Å². The first kappa shape index (κ1) is 13.5. The molecule has 0 fully saturated rings. The molecule has 0 saturated carbocycles. The molecule has 0 saturated heterocycles. The molecule has 1 aliphatic rings. The van der Waals surface area contributed by atoms with Gasteiger partial charge in [0.15, 0.2) is 0 Å². The Labute approximate surface area is 116 Å². The van der Waals surface area contributed by atoms with E-state index in [4.69, 9.17) is 6.42 Å². The van der Waals surface area contributed by atoms with Gasteiger partial charge in [0.2, 0.25) is 0 Å². The molecule has 0 atom stereocenters. The Balaban J connectivity index is 2.13. The van der Waals surface area contributed by atoms with Crippen molar-refractivity contribution in [2.75, 3.05) is 18.0 Å². The molecule has 1 aromatic carbocycles. The lowest BCUT2D eigenvalue weighted by Crippen LogP contribution is -2.26. The normalized spacial score (nSPS) is 14.4. The molecule has 1 aliphatic carbocycles. The Bertz CT molecular complexity index is 526. The molecule has 1 nitrogen and oxygen atoms in total. The Morgan fingerprint density at radius 1 is 1.11 bits per heavy atom. The maximum absolute atomic E-state index is 5.50. The number of allylic oxidation sites excluding steroid dienone is 3. The van der Waals surface area contributed by atoms with E-state index in [9.17, 15) is 0 Å². The zero-order valence-corrected chi connectivity index (χ0v) is 11.8. The number of rotatable bonds is 4. The van der Waals surface area contributed by atoms with Crippen LogP contribution in [-0.4, -0.2) is 13.1 Å². The van der Waals surface area contributed by atoms with Gasteiger partial charge in [-0.2, -0.15) is 0 Å². The second kappa shape index (κ2) is 6.29. The van der Waals surface area contributed by atoms with Crippen LogP contribution in [0.3, 0.4) is 0 Å². The highest BCUT2D eigenvalue weighted by molar-refractivity contribution is 5.50. The average molecular weight is 251 g/mol. The molecular weight excluding hydrogens is 230 g/mol. The number of aryl methyl sites for hydroxylation is 1. The van der Waals surface area contributed by atoms with Gasteiger partial charge in [0, 0.05) is 12.2 Å². The van der Waals surface area contributed by atoms with Gasteiger partial charge in [-0.05, 0) is 38.8 Å². The Morgan fingerprint density at radius 2 is 1.84 bits per heavy atom. The molecule has 98 valence electrons. The van der Waals surface area contributed by atoms with Crippen LogP contribution in [0.4, 0.5) is 5.69 Å². The third kappa shape index (κ3) is 3.76. The van der Waals surface area contributed by atoms with Crippen LogP contribution in [0, 0.1) is 19.3 Å². The van der Waals surface area contributed by atoms with Crippen LogP contribution >= 0.6 is 0 Å². The third-order valence-electron chi connectivity index (χ3n) is 3.52. The number of terminal acetylenes is 1. The van der Waals surface area contributed by atoms with Gasteiger partial charge in [-0.15, -0.1) is 6.42 Å². The highest BCUT2D eigenvalue weighted by atomic mass is 15.1. The van der Waals surface area contributed by atoms with Crippen molar-refractivity contribution in [2.24, 2.45) is 0 Å². The minimum atomic E-state index is 0.656. The molecule has 0 aromatic heterocycles. The van der Waals surface area contributed by atoms with Crippen molar-refractivity contribution in [3.05, 3.63) is 53.1 Å². The molecule has 0 radical (unpaired) electrons. The first-order valence-corrected chi connectivity index (χ1v) is 6.79. The van der Waals surface area contributed by atoms with Gasteiger partial charge in [0.1, 0.15) is 0 Å². The Hall–Kier alpha value is -1.94. The summed E-state index contributed by atoms with van der Waals surface area (Å²) in [6.45, 7) is 5.87. The zero-order valence-electron chi connectivity index (χ0n) is 11.8. The quantitative estimate of drug-likeness (QED) is 0.728. The number of benzene rings is 1. The maximum Gasteiger partial charge on any atom is 0.0795 e. The highest BCUT2D eigenvalue weighted by Gasteiger charge is 2.10. The van der Waals surface area contributed by atoms with Crippen LogP contribution in [0.5, 0.6) is 0 Å². The van der Waals surface area contributed by atoms with Crippen molar-refractivity contribution in [1.29, 1.82) is 0 Å². The fraction of sp³-hybridized carbons (Fsp3) is 0.333. The average Bonchev–Trinajstić information content (AvgIpc) is 2.42. The third-order valence-corrected chi connectivity index (χ3v) is 3.52. The van der Waals surface area contributed by atoms with Crippen LogP contribution in [-0.2, 0) is 0 Å². The lowest BCUT2D eigenvalue weighted by molar-refractivity contribution is 0.830. The van der Waals surface area contributed by atoms with E-state index in [2.05, 4.69) is 61.1 Å². The molecule has 1 aromatic rings. The van der Waals surface area contributed by atoms with Gasteiger partial charge in [-0.1, -0.05) is 46.9 Å². The summed E-state index contributed by atoms with van der Waals surface area (Å²) in [6, 6.07) is 8.57. The molecule has 0 N–H and O–H groups in total. The monoisotopic (exact) mass is 251 g/mol. The molecule has 0 amide bonds. The summed E-state index contributed by atoms with van der Waals surface area (Å²) in [4.78, 5) is 2.26. The van der Waals surface area contributed by atoms with E-state index in [0.717, 1.165) is 13.0 Å². The summed E-state index contributed by atoms with van der Waals surface area (Å²) in [5, 5.41) is 0. The minimum absolute atomic E-state index is 0.656. The lowest BCUT2D eigenvalue weighted by atomic mass is 9.99. The van der Waals surface area contributed by atoms with Gasteiger partial charge in [0.05, 0.1) is 6.54 Å².